The summed E-state index contributed by atoms with van der Waals surface area (Å²) in [4.78, 5) is 35.0. The van der Waals surface area contributed by atoms with Crippen molar-refractivity contribution in [2.75, 3.05) is 38.2 Å². The quantitative estimate of drug-likeness (QED) is 0.357. The topological polar surface area (TPSA) is 67.7 Å². The molecule has 7 nitrogen and oxygen atoms in total. The molecule has 4 rings (SSSR count). The molecule has 1 aromatic heterocycles. The maximum Gasteiger partial charge on any atom is 0.257 e. The second-order valence-corrected chi connectivity index (χ2v) is 10.2. The minimum absolute atomic E-state index is 0.0386. The number of aryl methyl sites for hydroxylation is 1. The average molecular weight is 511 g/mol. The van der Waals surface area contributed by atoms with E-state index in [0.717, 1.165) is 30.1 Å². The zero-order valence-corrected chi connectivity index (χ0v) is 21.8. The second kappa shape index (κ2) is 11.2. The number of methoxy groups -OCH3 is 1. The molecule has 1 aliphatic heterocycles. The monoisotopic (exact) mass is 510 g/mol. The van der Waals surface area contributed by atoms with E-state index in [-0.39, 0.29) is 22.5 Å². The number of nitrogens with zero attached hydrogens (tertiary/aromatic N) is 4. The zero-order valence-electron chi connectivity index (χ0n) is 21.0. The van der Waals surface area contributed by atoms with Gasteiger partial charge in [0.1, 0.15) is 11.6 Å². The van der Waals surface area contributed by atoms with E-state index in [0.29, 0.717) is 35.9 Å². The third-order valence-electron chi connectivity index (χ3n) is 6.50. The third-order valence-corrected chi connectivity index (χ3v) is 7.63. The van der Waals surface area contributed by atoms with Gasteiger partial charge in [-0.1, -0.05) is 23.9 Å². The minimum Gasteiger partial charge on any atom is -0.497 e. The fraction of sp³-hybridized carbons (Fsp3) is 0.370. The van der Waals surface area contributed by atoms with Crippen LogP contribution < -0.4 is 15.2 Å². The van der Waals surface area contributed by atoms with E-state index in [4.69, 9.17) is 4.74 Å². The predicted molar refractivity (Wildman–Crippen MR) is 141 cm³/mol. The number of anilines is 1. The summed E-state index contributed by atoms with van der Waals surface area (Å²) in [5.74, 6) is 0.547. The summed E-state index contributed by atoms with van der Waals surface area (Å²) in [5, 5.41) is 0.135. The summed E-state index contributed by atoms with van der Waals surface area (Å²) in [7, 11) is 3.33. The molecule has 1 fully saturated rings. The van der Waals surface area contributed by atoms with Crippen LogP contribution in [0.3, 0.4) is 0 Å². The summed E-state index contributed by atoms with van der Waals surface area (Å²) < 4.78 is 20.0. The van der Waals surface area contributed by atoms with Gasteiger partial charge in [0.25, 0.3) is 5.56 Å². The lowest BCUT2D eigenvalue weighted by Crippen LogP contribution is -2.50. The van der Waals surface area contributed by atoms with Crippen LogP contribution in [0.25, 0.3) is 0 Å². The summed E-state index contributed by atoms with van der Waals surface area (Å²) >= 11 is 1.30. The van der Waals surface area contributed by atoms with Crippen LogP contribution in [0, 0.1) is 12.7 Å². The van der Waals surface area contributed by atoms with Crippen LogP contribution in [0.4, 0.5) is 10.1 Å². The number of thioether (sulfide) groups is 1. The van der Waals surface area contributed by atoms with Gasteiger partial charge >= 0.3 is 0 Å². The van der Waals surface area contributed by atoms with Gasteiger partial charge in [0.2, 0.25) is 5.91 Å². The van der Waals surface area contributed by atoms with Crippen LogP contribution in [0.5, 0.6) is 5.75 Å². The van der Waals surface area contributed by atoms with Crippen LogP contribution in [0.2, 0.25) is 0 Å². The number of hydrogen-bond acceptors (Lipinski definition) is 6. The van der Waals surface area contributed by atoms with E-state index in [1.54, 1.807) is 33.2 Å². The van der Waals surface area contributed by atoms with E-state index >= 15 is 0 Å². The number of carbonyl (C=O) groups is 1. The van der Waals surface area contributed by atoms with Gasteiger partial charge in [-0.3, -0.25) is 14.2 Å². The number of hydrogen-bond donors (Lipinski definition) is 0. The SMILES string of the molecule is COc1ccc(N2CCN(C(=O)C(C)Sc3nc(C)c(Cc4ccc(F)cc4)c(=O)n3C)CC2)cc1. The van der Waals surface area contributed by atoms with Gasteiger partial charge in [-0.2, -0.15) is 0 Å². The molecule has 36 heavy (non-hydrogen) atoms. The highest BCUT2D eigenvalue weighted by atomic mass is 32.2. The maximum atomic E-state index is 13.2. The first-order valence-electron chi connectivity index (χ1n) is 11.9. The summed E-state index contributed by atoms with van der Waals surface area (Å²) in [6.07, 6.45) is 0.379. The van der Waals surface area contributed by atoms with Crippen molar-refractivity contribution in [3.8, 4) is 5.75 Å². The fourth-order valence-corrected chi connectivity index (χ4v) is 5.29. The van der Waals surface area contributed by atoms with Crippen molar-refractivity contribution in [3.63, 3.8) is 0 Å². The zero-order chi connectivity index (χ0) is 25.8. The van der Waals surface area contributed by atoms with E-state index in [2.05, 4.69) is 9.88 Å². The van der Waals surface area contributed by atoms with E-state index in [9.17, 15) is 14.0 Å². The van der Waals surface area contributed by atoms with Crippen LogP contribution in [-0.2, 0) is 18.3 Å². The maximum absolute atomic E-state index is 13.2. The summed E-state index contributed by atoms with van der Waals surface area (Å²) in [5.41, 5.74) is 3.00. The molecule has 0 radical (unpaired) electrons. The predicted octanol–water partition coefficient (Wildman–Crippen LogP) is 3.66. The molecule has 1 amide bonds. The van der Waals surface area contributed by atoms with Gasteiger partial charge in [0.05, 0.1) is 12.4 Å². The van der Waals surface area contributed by atoms with Crippen molar-refractivity contribution < 1.29 is 13.9 Å². The standard InChI is InChI=1S/C27H31FN4O3S/c1-18-24(17-20-5-7-21(28)8-6-20)26(34)30(3)27(29-18)36-19(2)25(33)32-15-13-31(14-16-32)22-9-11-23(35-4)12-10-22/h5-12,19H,13-17H2,1-4H3. The Morgan fingerprint density at radius 1 is 1.08 bits per heavy atom. The Hall–Kier alpha value is -3.33. The van der Waals surface area contributed by atoms with Gasteiger partial charge in [-0.05, 0) is 55.8 Å². The van der Waals surface area contributed by atoms with Crippen LogP contribution in [0.15, 0.2) is 58.5 Å². The van der Waals surface area contributed by atoms with Gasteiger partial charge in [0, 0.05) is 56.6 Å². The van der Waals surface area contributed by atoms with E-state index in [1.807, 2.05) is 36.1 Å². The summed E-state index contributed by atoms with van der Waals surface area (Å²) in [6.45, 7) is 6.44. The normalized spacial score (nSPS) is 14.6. The first kappa shape index (κ1) is 25.8. The van der Waals surface area contributed by atoms with Crippen molar-refractivity contribution in [2.45, 2.75) is 30.7 Å². The van der Waals surface area contributed by atoms with Gasteiger partial charge in [-0.25, -0.2) is 9.37 Å². The van der Waals surface area contributed by atoms with Crippen LogP contribution in [0.1, 0.15) is 23.7 Å². The molecule has 2 aromatic carbocycles. The van der Waals surface area contributed by atoms with Crippen molar-refractivity contribution in [3.05, 3.63) is 81.5 Å². The van der Waals surface area contributed by atoms with Gasteiger partial charge in [0.15, 0.2) is 5.16 Å². The van der Waals surface area contributed by atoms with E-state index in [1.165, 1.54) is 28.5 Å². The third kappa shape index (κ3) is 5.73. The van der Waals surface area contributed by atoms with Gasteiger partial charge < -0.3 is 14.5 Å². The van der Waals surface area contributed by atoms with Crippen molar-refractivity contribution in [1.82, 2.24) is 14.5 Å². The van der Waals surface area contributed by atoms with Crippen molar-refractivity contribution in [2.24, 2.45) is 7.05 Å². The number of rotatable bonds is 7. The average Bonchev–Trinajstić information content (AvgIpc) is 2.90. The van der Waals surface area contributed by atoms with Crippen LogP contribution in [-0.4, -0.2) is 58.9 Å². The molecule has 1 aliphatic rings. The first-order valence-corrected chi connectivity index (χ1v) is 12.8. The van der Waals surface area contributed by atoms with Gasteiger partial charge in [-0.15, -0.1) is 0 Å². The lowest BCUT2D eigenvalue weighted by atomic mass is 10.1. The molecular formula is C27H31FN4O3S. The molecule has 2 heterocycles. The second-order valence-electron chi connectivity index (χ2n) is 8.90. The Bertz CT molecular complexity index is 1270. The highest BCUT2D eigenvalue weighted by Crippen LogP contribution is 2.25. The Morgan fingerprint density at radius 2 is 1.72 bits per heavy atom. The number of benzene rings is 2. The Labute approximate surface area is 214 Å². The molecule has 1 saturated heterocycles. The fourth-order valence-electron chi connectivity index (χ4n) is 4.29. The lowest BCUT2D eigenvalue weighted by molar-refractivity contribution is -0.130. The van der Waals surface area contributed by atoms with Crippen molar-refractivity contribution in [1.29, 1.82) is 0 Å². The molecule has 190 valence electrons. The molecule has 1 atom stereocenters. The van der Waals surface area contributed by atoms with Crippen molar-refractivity contribution >= 4 is 23.4 Å². The lowest BCUT2D eigenvalue weighted by Gasteiger charge is -2.37. The Kier molecular flexibility index (Phi) is 7.98. The number of piperazine rings is 1. The molecular weight excluding hydrogens is 479 g/mol. The number of ether oxygens (including phenoxy) is 1. The molecule has 3 aromatic rings. The number of halogens is 1. The molecule has 0 spiro atoms. The molecule has 0 aliphatic carbocycles. The number of amides is 1. The highest BCUT2D eigenvalue weighted by molar-refractivity contribution is 8.00. The number of aromatic nitrogens is 2. The summed E-state index contributed by atoms with van der Waals surface area (Å²) in [6, 6.07) is 14.1. The van der Waals surface area contributed by atoms with Crippen LogP contribution >= 0.6 is 11.8 Å². The molecule has 0 N–H and O–H groups in total. The smallest absolute Gasteiger partial charge is 0.257 e. The minimum atomic E-state index is -0.377. The Morgan fingerprint density at radius 3 is 2.33 bits per heavy atom. The largest absolute Gasteiger partial charge is 0.497 e. The Balaban J connectivity index is 1.39. The first-order chi connectivity index (χ1) is 17.3. The highest BCUT2D eigenvalue weighted by Gasteiger charge is 2.27. The number of carbonyl (C=O) groups excluding carboxylic acids is 1. The molecule has 9 heteroatoms. The molecule has 1 unspecified atom stereocenters. The molecule has 0 bridgehead atoms. The molecule has 0 saturated carbocycles. The van der Waals surface area contributed by atoms with E-state index < -0.39 is 0 Å².